The van der Waals surface area contributed by atoms with Crippen LogP contribution in [0.15, 0.2) is 46.6 Å². The highest BCUT2D eigenvalue weighted by Crippen LogP contribution is 2.49. The number of likely N-dealkylation sites (tertiary alicyclic amines) is 1. The van der Waals surface area contributed by atoms with E-state index in [4.69, 9.17) is 11.6 Å². The number of benzene rings is 2. The number of hydrogen-bond donors (Lipinski definition) is 0. The first-order chi connectivity index (χ1) is 20.7. The van der Waals surface area contributed by atoms with Gasteiger partial charge in [0, 0.05) is 64.9 Å². The summed E-state index contributed by atoms with van der Waals surface area (Å²) < 4.78 is 30.8. The number of hydrogen-bond acceptors (Lipinski definition) is 6. The molecule has 6 rings (SSSR count). The van der Waals surface area contributed by atoms with E-state index in [-0.39, 0.29) is 39.7 Å². The number of nitrogens with zero attached hydrogens (tertiary/aromatic N) is 5. The number of carbonyl (C=O) groups excluding carboxylic acids is 1. The summed E-state index contributed by atoms with van der Waals surface area (Å²) in [5.74, 6) is -1.05. The highest BCUT2D eigenvalue weighted by atomic mass is 35.5. The third kappa shape index (κ3) is 5.22. The Hall–Kier alpha value is -3.39. The Morgan fingerprint density at radius 2 is 2.02 bits per heavy atom. The first-order valence-corrected chi connectivity index (χ1v) is 15.9. The van der Waals surface area contributed by atoms with Gasteiger partial charge in [-0.1, -0.05) is 18.2 Å². The number of halogens is 3. The lowest BCUT2D eigenvalue weighted by atomic mass is 9.97. The molecule has 224 valence electrons. The van der Waals surface area contributed by atoms with Crippen LogP contribution in [0.3, 0.4) is 0 Å². The molecule has 3 aliphatic rings. The molecule has 4 heterocycles. The summed E-state index contributed by atoms with van der Waals surface area (Å²) in [6.07, 6.45) is 4.15. The van der Waals surface area contributed by atoms with Crippen molar-refractivity contribution in [2.75, 3.05) is 49.9 Å². The molecule has 2 atom stereocenters. The fraction of sp³-hybridized carbons (Fsp3) is 0.406. The highest BCUT2D eigenvalue weighted by Gasteiger charge is 2.35. The predicted molar refractivity (Wildman–Crippen MR) is 167 cm³/mol. The smallest absolute Gasteiger partial charge is 0.271 e. The van der Waals surface area contributed by atoms with E-state index in [9.17, 15) is 19.2 Å². The molecule has 7 nitrogen and oxygen atoms in total. The van der Waals surface area contributed by atoms with Crippen LogP contribution in [-0.2, 0) is 4.79 Å². The zero-order chi connectivity index (χ0) is 30.4. The SMILES string of the molecule is C=CC(=O)N1CCN(c2c(C#N)c(=O)n3c4c(c(-c5ccc(F)cc5F)c(Cl)cc24)SCC3CCCN2CCC2)[C@@H](C)C1. The van der Waals surface area contributed by atoms with Crippen LogP contribution in [0, 0.1) is 23.0 Å². The molecule has 0 radical (unpaired) electrons. The van der Waals surface area contributed by atoms with Crippen molar-refractivity contribution in [3.8, 4) is 17.2 Å². The van der Waals surface area contributed by atoms with Crippen LogP contribution in [-0.4, -0.2) is 71.3 Å². The number of pyridine rings is 1. The lowest BCUT2D eigenvalue weighted by Crippen LogP contribution is -2.54. The molecule has 1 aromatic heterocycles. The second kappa shape index (κ2) is 11.9. The van der Waals surface area contributed by atoms with Crippen LogP contribution in [0.2, 0.25) is 5.02 Å². The maximum Gasteiger partial charge on any atom is 0.271 e. The predicted octanol–water partition coefficient (Wildman–Crippen LogP) is 5.83. The minimum atomic E-state index is -0.742. The van der Waals surface area contributed by atoms with Crippen LogP contribution in [0.4, 0.5) is 14.5 Å². The maximum absolute atomic E-state index is 15.2. The molecule has 0 N–H and O–H groups in total. The summed E-state index contributed by atoms with van der Waals surface area (Å²) in [5, 5.41) is 11.3. The highest BCUT2D eigenvalue weighted by molar-refractivity contribution is 7.99. The number of amides is 1. The fourth-order valence-corrected chi connectivity index (χ4v) is 8.31. The van der Waals surface area contributed by atoms with Crippen molar-refractivity contribution in [3.05, 3.63) is 69.5 Å². The van der Waals surface area contributed by atoms with E-state index in [1.807, 2.05) is 11.8 Å². The van der Waals surface area contributed by atoms with Crippen molar-refractivity contribution < 1.29 is 13.6 Å². The summed E-state index contributed by atoms with van der Waals surface area (Å²) in [4.78, 5) is 33.4. The third-order valence-electron chi connectivity index (χ3n) is 8.83. The van der Waals surface area contributed by atoms with Gasteiger partial charge in [-0.25, -0.2) is 8.78 Å². The molecule has 0 saturated carbocycles. The Balaban J connectivity index is 1.56. The number of rotatable bonds is 7. The molecule has 11 heteroatoms. The van der Waals surface area contributed by atoms with Crippen molar-refractivity contribution in [1.82, 2.24) is 14.4 Å². The van der Waals surface area contributed by atoms with Gasteiger partial charge in [-0.05, 0) is 70.1 Å². The van der Waals surface area contributed by atoms with E-state index in [1.54, 1.807) is 15.5 Å². The number of anilines is 1. The number of nitriles is 1. The molecular formula is C32H32ClF2N5O2S. The first kappa shape index (κ1) is 29.7. The van der Waals surface area contributed by atoms with Crippen LogP contribution in [0.25, 0.3) is 22.0 Å². The van der Waals surface area contributed by atoms with Crippen molar-refractivity contribution >= 4 is 45.9 Å². The van der Waals surface area contributed by atoms with E-state index in [1.165, 1.54) is 36.4 Å². The maximum atomic E-state index is 15.2. The van der Waals surface area contributed by atoms with Crippen molar-refractivity contribution in [3.63, 3.8) is 0 Å². The van der Waals surface area contributed by atoms with E-state index >= 15 is 4.39 Å². The minimum Gasteiger partial charge on any atom is -0.363 e. The van der Waals surface area contributed by atoms with E-state index in [0.717, 1.165) is 38.5 Å². The van der Waals surface area contributed by atoms with Gasteiger partial charge < -0.3 is 19.3 Å². The minimum absolute atomic E-state index is 0.0326. The van der Waals surface area contributed by atoms with Gasteiger partial charge in [0.2, 0.25) is 5.91 Å². The molecule has 3 aliphatic heterocycles. The monoisotopic (exact) mass is 623 g/mol. The topological polar surface area (TPSA) is 72.6 Å². The van der Waals surface area contributed by atoms with Crippen LogP contribution < -0.4 is 10.5 Å². The number of piperazine rings is 1. The standard InChI is InChI=1S/C32H32ClF2N5O2S/c1-3-27(41)38-12-13-39(19(2)17-38)29-23-15-25(33)28(22-8-7-20(34)14-26(22)35)31-30(23)40(32(42)24(29)16-36)21(18-43-31)6-4-9-37-10-5-11-37/h3,7-8,14-15,19,21H,1,4-6,9-13,17-18H2,2H3/t19-,21?/m0/s1. The van der Waals surface area contributed by atoms with Crippen molar-refractivity contribution in [2.45, 2.75) is 43.2 Å². The van der Waals surface area contributed by atoms with Gasteiger partial charge in [0.25, 0.3) is 5.56 Å². The van der Waals surface area contributed by atoms with E-state index in [0.29, 0.717) is 52.4 Å². The van der Waals surface area contributed by atoms with Gasteiger partial charge in [-0.15, -0.1) is 11.8 Å². The Bertz CT molecular complexity index is 1730. The molecule has 43 heavy (non-hydrogen) atoms. The Kier molecular flexibility index (Phi) is 8.24. The molecular weight excluding hydrogens is 592 g/mol. The van der Waals surface area contributed by atoms with Crippen LogP contribution in [0.1, 0.15) is 37.8 Å². The summed E-state index contributed by atoms with van der Waals surface area (Å²) in [7, 11) is 0. The van der Waals surface area contributed by atoms with Gasteiger partial charge in [0.15, 0.2) is 0 Å². The quantitative estimate of drug-likeness (QED) is 0.309. The van der Waals surface area contributed by atoms with Crippen molar-refractivity contribution in [1.29, 1.82) is 5.26 Å². The largest absolute Gasteiger partial charge is 0.363 e. The van der Waals surface area contributed by atoms with Crippen LogP contribution in [0.5, 0.6) is 0 Å². The van der Waals surface area contributed by atoms with Gasteiger partial charge in [0.05, 0.1) is 16.2 Å². The molecule has 3 aromatic rings. The fourth-order valence-electron chi connectivity index (χ4n) is 6.57. The Morgan fingerprint density at radius 1 is 1.23 bits per heavy atom. The van der Waals surface area contributed by atoms with Gasteiger partial charge >= 0.3 is 0 Å². The van der Waals surface area contributed by atoms with Gasteiger partial charge in [-0.3, -0.25) is 9.59 Å². The first-order valence-electron chi connectivity index (χ1n) is 14.6. The third-order valence-corrected chi connectivity index (χ3v) is 10.4. The normalized spacial score (nSPS) is 20.2. The molecule has 2 aromatic carbocycles. The molecule has 2 fully saturated rings. The number of thioether (sulfide) groups is 1. The lowest BCUT2D eigenvalue weighted by molar-refractivity contribution is -0.126. The molecule has 0 bridgehead atoms. The Morgan fingerprint density at radius 3 is 2.67 bits per heavy atom. The van der Waals surface area contributed by atoms with Gasteiger partial charge in [-0.2, -0.15) is 5.26 Å². The summed E-state index contributed by atoms with van der Waals surface area (Å²) >= 11 is 8.44. The lowest BCUT2D eigenvalue weighted by Gasteiger charge is -2.42. The van der Waals surface area contributed by atoms with E-state index in [2.05, 4.69) is 17.5 Å². The van der Waals surface area contributed by atoms with Gasteiger partial charge in [0.1, 0.15) is 23.3 Å². The molecule has 2 saturated heterocycles. The second-order valence-corrected chi connectivity index (χ2v) is 12.9. The van der Waals surface area contributed by atoms with Crippen molar-refractivity contribution in [2.24, 2.45) is 0 Å². The second-order valence-electron chi connectivity index (χ2n) is 11.4. The van der Waals surface area contributed by atoms with E-state index < -0.39 is 11.6 Å². The average molecular weight is 624 g/mol. The average Bonchev–Trinajstić information content (AvgIpc) is 2.96. The summed E-state index contributed by atoms with van der Waals surface area (Å²) in [6.45, 7) is 9.88. The van der Waals surface area contributed by atoms with Crippen LogP contribution >= 0.6 is 23.4 Å². The zero-order valence-electron chi connectivity index (χ0n) is 23.9. The molecule has 0 aliphatic carbocycles. The Labute approximate surface area is 258 Å². The molecule has 0 spiro atoms. The number of carbonyl (C=O) groups is 1. The molecule has 1 amide bonds. The number of aromatic nitrogens is 1. The summed E-state index contributed by atoms with van der Waals surface area (Å²) in [5.41, 5.74) is 1.31. The molecule has 1 unspecified atom stereocenters. The summed E-state index contributed by atoms with van der Waals surface area (Å²) in [6, 6.07) is 6.94. The zero-order valence-corrected chi connectivity index (χ0v) is 25.5.